The molecule has 110 valence electrons. The zero-order valence-electron chi connectivity index (χ0n) is 13.8. The molecule has 19 heavy (non-hydrogen) atoms. The highest BCUT2D eigenvalue weighted by molar-refractivity contribution is 5.17. The van der Waals surface area contributed by atoms with Crippen LogP contribution >= 0.6 is 0 Å². The van der Waals surface area contributed by atoms with E-state index in [1.165, 1.54) is 44.9 Å². The molecule has 2 aliphatic carbocycles. The summed E-state index contributed by atoms with van der Waals surface area (Å²) in [5, 5.41) is 0. The SMILES string of the molecule is CC1=CCC[C@]2(C)[C@@H](C(C)CCCC(C)C)CC[C@@H]12. The van der Waals surface area contributed by atoms with E-state index in [0.29, 0.717) is 5.41 Å². The number of rotatable bonds is 5. The smallest absolute Gasteiger partial charge is 0.0149 e. The van der Waals surface area contributed by atoms with E-state index in [4.69, 9.17) is 0 Å². The minimum atomic E-state index is 0.621. The molecule has 2 rings (SSSR count). The molecule has 0 saturated heterocycles. The predicted molar refractivity (Wildman–Crippen MR) is 85.2 cm³/mol. The molecule has 0 radical (unpaired) electrons. The molecule has 0 spiro atoms. The number of fused-ring (bicyclic) bond motifs is 1. The summed E-state index contributed by atoms with van der Waals surface area (Å²) in [5.74, 6) is 3.69. The standard InChI is InChI=1S/C19H34/c1-14(2)8-6-9-15(3)17-11-12-18-16(4)10-7-13-19(17,18)5/h10,14-15,17-18H,6-9,11-13H2,1-5H3/t15?,17-,18+,19-/m1/s1. The van der Waals surface area contributed by atoms with Gasteiger partial charge in [0.05, 0.1) is 0 Å². The fraction of sp³-hybridized carbons (Fsp3) is 0.895. The molecule has 0 aliphatic heterocycles. The van der Waals surface area contributed by atoms with E-state index in [-0.39, 0.29) is 0 Å². The normalized spacial score (nSPS) is 36.2. The second-order valence-corrected chi connectivity index (χ2v) is 8.03. The summed E-state index contributed by atoms with van der Waals surface area (Å²) in [6.07, 6.45) is 12.5. The largest absolute Gasteiger partial charge is 0.0853 e. The van der Waals surface area contributed by atoms with Gasteiger partial charge in [0.1, 0.15) is 0 Å². The van der Waals surface area contributed by atoms with Crippen LogP contribution in [0.4, 0.5) is 0 Å². The van der Waals surface area contributed by atoms with Crippen molar-refractivity contribution >= 4 is 0 Å². The summed E-state index contributed by atoms with van der Waals surface area (Å²) < 4.78 is 0. The second-order valence-electron chi connectivity index (χ2n) is 8.03. The predicted octanol–water partition coefficient (Wildman–Crippen LogP) is 6.22. The van der Waals surface area contributed by atoms with E-state index in [9.17, 15) is 0 Å². The van der Waals surface area contributed by atoms with Crippen molar-refractivity contribution in [2.24, 2.45) is 29.1 Å². The molecule has 0 aromatic heterocycles. The van der Waals surface area contributed by atoms with E-state index in [1.807, 2.05) is 0 Å². The lowest BCUT2D eigenvalue weighted by atomic mass is 9.62. The maximum absolute atomic E-state index is 2.60. The van der Waals surface area contributed by atoms with Crippen LogP contribution in [0.2, 0.25) is 0 Å². The van der Waals surface area contributed by atoms with Gasteiger partial charge in [-0.25, -0.2) is 0 Å². The average molecular weight is 262 g/mol. The Morgan fingerprint density at radius 3 is 2.63 bits per heavy atom. The van der Waals surface area contributed by atoms with E-state index in [0.717, 1.165) is 23.7 Å². The Bertz CT molecular complexity index is 325. The number of hydrogen-bond acceptors (Lipinski definition) is 0. The molecule has 0 nitrogen and oxygen atoms in total. The van der Waals surface area contributed by atoms with Gasteiger partial charge in [-0.1, -0.05) is 58.6 Å². The van der Waals surface area contributed by atoms with Gasteiger partial charge in [-0.3, -0.25) is 0 Å². The average Bonchev–Trinajstić information content (AvgIpc) is 2.67. The van der Waals surface area contributed by atoms with Gasteiger partial charge in [-0.05, 0) is 61.7 Å². The third-order valence-corrected chi connectivity index (χ3v) is 6.24. The fourth-order valence-corrected chi connectivity index (χ4v) is 5.11. The zero-order chi connectivity index (χ0) is 14.0. The first kappa shape index (κ1) is 15.1. The zero-order valence-corrected chi connectivity index (χ0v) is 13.8. The Balaban J connectivity index is 1.96. The summed E-state index contributed by atoms with van der Waals surface area (Å²) in [6, 6.07) is 0. The minimum Gasteiger partial charge on any atom is -0.0853 e. The van der Waals surface area contributed by atoms with Gasteiger partial charge in [-0.15, -0.1) is 0 Å². The lowest BCUT2D eigenvalue weighted by Crippen LogP contribution is -2.34. The van der Waals surface area contributed by atoms with Crippen molar-refractivity contribution < 1.29 is 0 Å². The van der Waals surface area contributed by atoms with Gasteiger partial charge < -0.3 is 0 Å². The molecule has 0 heteroatoms. The molecule has 1 fully saturated rings. The Labute approximate surface area is 121 Å². The van der Waals surface area contributed by atoms with Crippen molar-refractivity contribution in [1.29, 1.82) is 0 Å². The van der Waals surface area contributed by atoms with Crippen LogP contribution in [-0.2, 0) is 0 Å². The highest BCUT2D eigenvalue weighted by atomic mass is 14.5. The molecule has 0 heterocycles. The summed E-state index contributed by atoms with van der Waals surface area (Å²) in [6.45, 7) is 12.2. The molecule has 0 N–H and O–H groups in total. The third-order valence-electron chi connectivity index (χ3n) is 6.24. The van der Waals surface area contributed by atoms with Crippen LogP contribution in [0, 0.1) is 29.1 Å². The Morgan fingerprint density at radius 2 is 1.95 bits per heavy atom. The second kappa shape index (κ2) is 6.02. The van der Waals surface area contributed by atoms with Gasteiger partial charge in [-0.2, -0.15) is 0 Å². The van der Waals surface area contributed by atoms with Gasteiger partial charge in [0.2, 0.25) is 0 Å². The summed E-state index contributed by atoms with van der Waals surface area (Å²) in [7, 11) is 0. The monoisotopic (exact) mass is 262 g/mol. The maximum atomic E-state index is 2.60. The molecular formula is C19H34. The van der Waals surface area contributed by atoms with Crippen LogP contribution in [0.3, 0.4) is 0 Å². The highest BCUT2D eigenvalue weighted by Gasteiger charge is 2.49. The van der Waals surface area contributed by atoms with Crippen molar-refractivity contribution in [2.45, 2.75) is 79.6 Å². The van der Waals surface area contributed by atoms with Gasteiger partial charge >= 0.3 is 0 Å². The molecule has 0 amide bonds. The first-order valence-corrected chi connectivity index (χ1v) is 8.61. The van der Waals surface area contributed by atoms with Crippen molar-refractivity contribution in [3.8, 4) is 0 Å². The van der Waals surface area contributed by atoms with Gasteiger partial charge in [0, 0.05) is 0 Å². The molecule has 4 atom stereocenters. The Morgan fingerprint density at radius 1 is 1.21 bits per heavy atom. The quantitative estimate of drug-likeness (QED) is 0.516. The van der Waals surface area contributed by atoms with Crippen molar-refractivity contribution in [3.63, 3.8) is 0 Å². The molecule has 1 saturated carbocycles. The number of allylic oxidation sites excluding steroid dienone is 2. The molecule has 0 bridgehead atoms. The van der Waals surface area contributed by atoms with Crippen LogP contribution in [0.5, 0.6) is 0 Å². The first-order chi connectivity index (χ1) is 8.95. The van der Waals surface area contributed by atoms with Crippen LogP contribution in [0.1, 0.15) is 79.6 Å². The van der Waals surface area contributed by atoms with Gasteiger partial charge in [0.25, 0.3) is 0 Å². The Kier molecular flexibility index (Phi) is 4.79. The van der Waals surface area contributed by atoms with Crippen molar-refractivity contribution in [2.75, 3.05) is 0 Å². The maximum Gasteiger partial charge on any atom is -0.0149 e. The third kappa shape index (κ3) is 3.09. The summed E-state index contributed by atoms with van der Waals surface area (Å²) in [5.41, 5.74) is 2.32. The van der Waals surface area contributed by atoms with E-state index in [1.54, 1.807) is 5.57 Å². The molecule has 0 aromatic rings. The van der Waals surface area contributed by atoms with Crippen molar-refractivity contribution in [3.05, 3.63) is 11.6 Å². The molecule has 1 unspecified atom stereocenters. The number of hydrogen-bond donors (Lipinski definition) is 0. The lowest BCUT2D eigenvalue weighted by molar-refractivity contribution is 0.106. The lowest BCUT2D eigenvalue weighted by Gasteiger charge is -2.43. The van der Waals surface area contributed by atoms with Crippen molar-refractivity contribution in [1.82, 2.24) is 0 Å². The minimum absolute atomic E-state index is 0.621. The first-order valence-electron chi connectivity index (χ1n) is 8.61. The van der Waals surface area contributed by atoms with E-state index in [2.05, 4.69) is 40.7 Å². The highest BCUT2D eigenvalue weighted by Crippen LogP contribution is 2.58. The van der Waals surface area contributed by atoms with E-state index < -0.39 is 0 Å². The summed E-state index contributed by atoms with van der Waals surface area (Å²) in [4.78, 5) is 0. The molecule has 0 aromatic carbocycles. The van der Waals surface area contributed by atoms with E-state index >= 15 is 0 Å². The van der Waals surface area contributed by atoms with Crippen LogP contribution in [-0.4, -0.2) is 0 Å². The van der Waals surface area contributed by atoms with Crippen LogP contribution in [0.25, 0.3) is 0 Å². The topological polar surface area (TPSA) is 0 Å². The van der Waals surface area contributed by atoms with Crippen LogP contribution < -0.4 is 0 Å². The van der Waals surface area contributed by atoms with Crippen LogP contribution in [0.15, 0.2) is 11.6 Å². The summed E-state index contributed by atoms with van der Waals surface area (Å²) >= 11 is 0. The molecule has 2 aliphatic rings. The fourth-order valence-electron chi connectivity index (χ4n) is 5.11. The molecular weight excluding hydrogens is 228 g/mol. The Hall–Kier alpha value is -0.260. The van der Waals surface area contributed by atoms with Gasteiger partial charge in [0.15, 0.2) is 0 Å².